The zero-order valence-electron chi connectivity index (χ0n) is 12.3. The second-order valence-electron chi connectivity index (χ2n) is 4.79. The van der Waals surface area contributed by atoms with Gasteiger partial charge in [0.2, 0.25) is 17.7 Å². The average Bonchev–Trinajstić information content (AvgIpc) is 2.40. The normalized spacial score (nSPS) is 19.6. The van der Waals surface area contributed by atoms with Crippen molar-refractivity contribution in [3.63, 3.8) is 0 Å². The van der Waals surface area contributed by atoms with Crippen LogP contribution in [-0.4, -0.2) is 41.2 Å². The summed E-state index contributed by atoms with van der Waals surface area (Å²) in [5.41, 5.74) is -1.27. The molecule has 1 aliphatic heterocycles. The maximum absolute atomic E-state index is 12.5. The van der Waals surface area contributed by atoms with Gasteiger partial charge in [0.25, 0.3) is 0 Å². The molecule has 20 heavy (non-hydrogen) atoms. The molecule has 7 heteroatoms. The highest BCUT2D eigenvalue weighted by molar-refractivity contribution is 6.20. The summed E-state index contributed by atoms with van der Waals surface area (Å²) in [7, 11) is 0. The molecule has 0 aromatic heterocycles. The number of nitrogens with zero attached hydrogens (tertiary/aromatic N) is 1. The average molecular weight is 283 g/mol. The van der Waals surface area contributed by atoms with Gasteiger partial charge in [-0.1, -0.05) is 13.8 Å². The first kappa shape index (κ1) is 16.1. The van der Waals surface area contributed by atoms with E-state index in [0.717, 1.165) is 4.90 Å². The predicted octanol–water partition coefficient (Wildman–Crippen LogP) is 0.396. The van der Waals surface area contributed by atoms with Crippen molar-refractivity contribution in [2.24, 2.45) is 5.41 Å². The van der Waals surface area contributed by atoms with Gasteiger partial charge in [-0.3, -0.25) is 24.6 Å². The number of hydrogen-bond donors (Lipinski definition) is 2. The summed E-state index contributed by atoms with van der Waals surface area (Å²) in [4.78, 5) is 49.1. The third kappa shape index (κ3) is 2.39. The van der Waals surface area contributed by atoms with E-state index in [-0.39, 0.29) is 12.8 Å². The van der Waals surface area contributed by atoms with Gasteiger partial charge in [-0.25, -0.2) is 4.79 Å². The molecule has 0 aromatic rings. The molecule has 7 nitrogen and oxygen atoms in total. The topological polar surface area (TPSA) is 95.6 Å². The molecule has 0 bridgehead atoms. The van der Waals surface area contributed by atoms with Gasteiger partial charge in [0.05, 0.1) is 0 Å². The van der Waals surface area contributed by atoms with Crippen LogP contribution in [0, 0.1) is 5.41 Å². The van der Waals surface area contributed by atoms with E-state index in [4.69, 9.17) is 0 Å². The molecule has 0 aliphatic carbocycles. The van der Waals surface area contributed by atoms with E-state index in [1.165, 1.54) is 6.92 Å². The Kier molecular flexibility index (Phi) is 4.86. The number of amides is 5. The molecule has 2 N–H and O–H groups in total. The van der Waals surface area contributed by atoms with E-state index in [9.17, 15) is 19.2 Å². The van der Waals surface area contributed by atoms with Crippen LogP contribution in [0.4, 0.5) is 4.79 Å². The van der Waals surface area contributed by atoms with Crippen LogP contribution in [-0.2, 0) is 14.4 Å². The molecule has 0 spiro atoms. The van der Waals surface area contributed by atoms with Crippen molar-refractivity contribution < 1.29 is 19.2 Å². The van der Waals surface area contributed by atoms with E-state index in [1.807, 2.05) is 0 Å². The van der Waals surface area contributed by atoms with Crippen LogP contribution in [0.3, 0.4) is 0 Å². The first-order chi connectivity index (χ1) is 9.35. The van der Waals surface area contributed by atoms with Gasteiger partial charge in [0, 0.05) is 6.54 Å². The first-order valence-corrected chi connectivity index (χ1v) is 6.82. The van der Waals surface area contributed by atoms with Crippen molar-refractivity contribution in [1.82, 2.24) is 15.5 Å². The number of nitrogens with one attached hydrogen (secondary N) is 2. The van der Waals surface area contributed by atoms with Gasteiger partial charge in [0.15, 0.2) is 0 Å². The van der Waals surface area contributed by atoms with E-state index < -0.39 is 35.2 Å². The summed E-state index contributed by atoms with van der Waals surface area (Å²) in [6, 6.07) is -1.79. The molecule has 1 unspecified atom stereocenters. The summed E-state index contributed by atoms with van der Waals surface area (Å²) in [6.07, 6.45) is 0.556. The lowest BCUT2D eigenvalue weighted by atomic mass is 9.78. The molecule has 1 aliphatic rings. The highest BCUT2D eigenvalue weighted by Crippen LogP contribution is 2.33. The summed E-state index contributed by atoms with van der Waals surface area (Å²) in [5.74, 6) is -1.61. The largest absolute Gasteiger partial charge is 0.355 e. The Bertz CT molecular complexity index is 443. The quantitative estimate of drug-likeness (QED) is 0.714. The smallest absolute Gasteiger partial charge is 0.331 e. The lowest BCUT2D eigenvalue weighted by Crippen LogP contribution is -2.67. The minimum Gasteiger partial charge on any atom is -0.355 e. The lowest BCUT2D eigenvalue weighted by Gasteiger charge is -2.40. The molecule has 112 valence electrons. The van der Waals surface area contributed by atoms with Crippen LogP contribution in [0.15, 0.2) is 0 Å². The van der Waals surface area contributed by atoms with Crippen LogP contribution in [0.1, 0.15) is 40.5 Å². The van der Waals surface area contributed by atoms with E-state index in [0.29, 0.717) is 6.54 Å². The number of carbonyl (C=O) groups excluding carboxylic acids is 4. The van der Waals surface area contributed by atoms with Crippen LogP contribution in [0.25, 0.3) is 0 Å². The Balaban J connectivity index is 3.13. The maximum atomic E-state index is 12.5. The standard InChI is InChI=1S/C13H21N3O4/c1-5-13(6-2)10(18)15-12(20)16(11(13)19)8(4)9(17)14-7-3/h8H,5-7H2,1-4H3,(H,14,17)(H,15,18,20). The molecule has 1 atom stereocenters. The molecule has 0 aromatic carbocycles. The summed E-state index contributed by atoms with van der Waals surface area (Å²) in [5, 5.41) is 4.74. The molecule has 5 amide bonds. The van der Waals surface area contributed by atoms with Crippen LogP contribution in [0.5, 0.6) is 0 Å². The molecule has 0 radical (unpaired) electrons. The number of rotatable bonds is 5. The maximum Gasteiger partial charge on any atom is 0.331 e. The third-order valence-corrected chi connectivity index (χ3v) is 3.83. The summed E-state index contributed by atoms with van der Waals surface area (Å²) < 4.78 is 0. The zero-order valence-corrected chi connectivity index (χ0v) is 12.3. The monoisotopic (exact) mass is 283 g/mol. The Hall–Kier alpha value is -1.92. The third-order valence-electron chi connectivity index (χ3n) is 3.83. The molecular formula is C13H21N3O4. The fourth-order valence-corrected chi connectivity index (χ4v) is 2.36. The number of urea groups is 1. The number of hydrogen-bond acceptors (Lipinski definition) is 4. The second-order valence-corrected chi connectivity index (χ2v) is 4.79. The van der Waals surface area contributed by atoms with Crippen molar-refractivity contribution in [1.29, 1.82) is 0 Å². The summed E-state index contributed by atoms with van der Waals surface area (Å²) >= 11 is 0. The molecule has 1 fully saturated rings. The molecular weight excluding hydrogens is 262 g/mol. The van der Waals surface area contributed by atoms with Crippen molar-refractivity contribution in [3.8, 4) is 0 Å². The Morgan fingerprint density at radius 2 is 1.80 bits per heavy atom. The Labute approximate surface area is 118 Å². The van der Waals surface area contributed by atoms with Crippen molar-refractivity contribution in [2.75, 3.05) is 6.54 Å². The number of likely N-dealkylation sites (N-methyl/N-ethyl adjacent to an activating group) is 1. The van der Waals surface area contributed by atoms with Crippen molar-refractivity contribution >= 4 is 23.8 Å². The van der Waals surface area contributed by atoms with Crippen LogP contribution >= 0.6 is 0 Å². The van der Waals surface area contributed by atoms with Crippen molar-refractivity contribution in [2.45, 2.75) is 46.6 Å². The number of imide groups is 2. The summed E-state index contributed by atoms with van der Waals surface area (Å²) in [6.45, 7) is 7.04. The molecule has 1 rings (SSSR count). The minimum atomic E-state index is -1.27. The Morgan fingerprint density at radius 1 is 1.25 bits per heavy atom. The minimum absolute atomic E-state index is 0.278. The fraction of sp³-hybridized carbons (Fsp3) is 0.692. The van der Waals surface area contributed by atoms with Gasteiger partial charge in [-0.15, -0.1) is 0 Å². The van der Waals surface area contributed by atoms with Crippen molar-refractivity contribution in [3.05, 3.63) is 0 Å². The van der Waals surface area contributed by atoms with Gasteiger partial charge < -0.3 is 5.32 Å². The first-order valence-electron chi connectivity index (χ1n) is 6.82. The van der Waals surface area contributed by atoms with Gasteiger partial charge in [-0.2, -0.15) is 0 Å². The zero-order chi connectivity index (χ0) is 15.5. The van der Waals surface area contributed by atoms with Crippen LogP contribution < -0.4 is 10.6 Å². The highest BCUT2D eigenvalue weighted by atomic mass is 16.2. The second kappa shape index (κ2) is 6.02. The predicted molar refractivity (Wildman–Crippen MR) is 71.5 cm³/mol. The van der Waals surface area contributed by atoms with E-state index in [2.05, 4.69) is 10.6 Å². The Morgan fingerprint density at radius 3 is 2.25 bits per heavy atom. The molecule has 1 heterocycles. The number of barbiturate groups is 1. The molecule has 0 saturated carbocycles. The van der Waals surface area contributed by atoms with Crippen LogP contribution in [0.2, 0.25) is 0 Å². The van der Waals surface area contributed by atoms with Gasteiger partial charge in [-0.05, 0) is 26.7 Å². The molecule has 1 saturated heterocycles. The number of carbonyl (C=O) groups is 4. The SMILES string of the molecule is CCNC(=O)C(C)N1C(=O)NC(=O)C(CC)(CC)C1=O. The fourth-order valence-electron chi connectivity index (χ4n) is 2.36. The van der Waals surface area contributed by atoms with Gasteiger partial charge >= 0.3 is 6.03 Å². The van der Waals surface area contributed by atoms with E-state index >= 15 is 0 Å². The lowest BCUT2D eigenvalue weighted by molar-refractivity contribution is -0.155. The van der Waals surface area contributed by atoms with E-state index in [1.54, 1.807) is 20.8 Å². The van der Waals surface area contributed by atoms with Gasteiger partial charge in [0.1, 0.15) is 11.5 Å². The highest BCUT2D eigenvalue weighted by Gasteiger charge is 2.53.